The van der Waals surface area contributed by atoms with Gasteiger partial charge in [0.05, 0.1) is 12.5 Å². The van der Waals surface area contributed by atoms with Crippen molar-refractivity contribution in [1.29, 1.82) is 0 Å². The van der Waals surface area contributed by atoms with Crippen LogP contribution in [0, 0.1) is 5.82 Å². The highest BCUT2D eigenvalue weighted by Gasteiger charge is 2.16. The Balaban J connectivity index is 1.46. The molecule has 0 amide bonds. The molecule has 0 radical (unpaired) electrons. The van der Waals surface area contributed by atoms with Gasteiger partial charge in [0.2, 0.25) is 0 Å². The zero-order valence-corrected chi connectivity index (χ0v) is 23.1. The second-order valence-electron chi connectivity index (χ2n) is 10.1. The van der Waals surface area contributed by atoms with Gasteiger partial charge >= 0.3 is 11.9 Å². The smallest absolute Gasteiger partial charge is 0.310 e. The SMILES string of the molecule is CC(=O)Oc1cccc(-c2ccc3c(CC(=O)OC(C)C)cn(Cc4ccc(Oc5cccc(F)c5)cc4)c3c2)c1. The minimum absolute atomic E-state index is 0.156. The van der Waals surface area contributed by atoms with Crippen molar-refractivity contribution < 1.29 is 28.2 Å². The van der Waals surface area contributed by atoms with Crippen LogP contribution in [0.15, 0.2) is 97.2 Å². The summed E-state index contributed by atoms with van der Waals surface area (Å²) >= 11 is 0. The average molecular weight is 552 g/mol. The van der Waals surface area contributed by atoms with Crippen LogP contribution < -0.4 is 9.47 Å². The molecular weight excluding hydrogens is 521 g/mol. The van der Waals surface area contributed by atoms with Crippen LogP contribution in [0.2, 0.25) is 0 Å². The molecule has 0 N–H and O–H groups in total. The second kappa shape index (κ2) is 12.1. The van der Waals surface area contributed by atoms with Crippen molar-refractivity contribution >= 4 is 22.8 Å². The zero-order valence-electron chi connectivity index (χ0n) is 23.1. The molecule has 6 nitrogen and oxygen atoms in total. The standard InChI is InChI=1S/C34H30FNO5/c1-22(2)39-34(38)18-27-21-36(20-24-10-13-29(14-11-24)41-31-9-5-7-28(35)19-31)33-17-26(12-15-32(27)33)25-6-4-8-30(16-25)40-23(3)37/h4-17,19,21-22H,18,20H2,1-3H3. The van der Waals surface area contributed by atoms with E-state index in [4.69, 9.17) is 14.2 Å². The largest absolute Gasteiger partial charge is 0.463 e. The number of halogens is 1. The van der Waals surface area contributed by atoms with E-state index >= 15 is 0 Å². The van der Waals surface area contributed by atoms with Gasteiger partial charge in [-0.3, -0.25) is 9.59 Å². The molecule has 41 heavy (non-hydrogen) atoms. The molecule has 0 saturated carbocycles. The van der Waals surface area contributed by atoms with E-state index < -0.39 is 0 Å². The van der Waals surface area contributed by atoms with Crippen molar-refractivity contribution in [3.8, 4) is 28.4 Å². The maximum Gasteiger partial charge on any atom is 0.310 e. The third kappa shape index (κ3) is 7.00. The van der Waals surface area contributed by atoms with Crippen molar-refractivity contribution in [3.05, 3.63) is 114 Å². The van der Waals surface area contributed by atoms with Gasteiger partial charge in [0, 0.05) is 36.6 Å². The van der Waals surface area contributed by atoms with Crippen LogP contribution in [0.1, 0.15) is 31.9 Å². The Bertz CT molecular complexity index is 1700. The van der Waals surface area contributed by atoms with Crippen LogP contribution in [0.4, 0.5) is 4.39 Å². The summed E-state index contributed by atoms with van der Waals surface area (Å²) in [7, 11) is 0. The maximum absolute atomic E-state index is 13.5. The molecule has 0 atom stereocenters. The normalized spacial score (nSPS) is 11.0. The fraction of sp³-hybridized carbons (Fsp3) is 0.176. The van der Waals surface area contributed by atoms with Gasteiger partial charge in [0.15, 0.2) is 0 Å². The van der Waals surface area contributed by atoms with Crippen LogP contribution in [0.25, 0.3) is 22.0 Å². The van der Waals surface area contributed by atoms with Gasteiger partial charge < -0.3 is 18.8 Å². The van der Waals surface area contributed by atoms with Crippen molar-refractivity contribution in [2.24, 2.45) is 0 Å². The summed E-state index contributed by atoms with van der Waals surface area (Å²) in [5, 5.41) is 0.955. The molecule has 0 spiro atoms. The number of ether oxygens (including phenoxy) is 3. The number of aromatic nitrogens is 1. The molecule has 4 aromatic carbocycles. The fourth-order valence-electron chi connectivity index (χ4n) is 4.71. The van der Waals surface area contributed by atoms with E-state index in [-0.39, 0.29) is 30.3 Å². The number of nitrogens with zero attached hydrogens (tertiary/aromatic N) is 1. The molecule has 1 heterocycles. The van der Waals surface area contributed by atoms with Crippen LogP contribution in [0.3, 0.4) is 0 Å². The molecule has 208 valence electrons. The Morgan fingerprint density at radius 1 is 0.829 bits per heavy atom. The van der Waals surface area contributed by atoms with E-state index in [1.165, 1.54) is 19.1 Å². The van der Waals surface area contributed by atoms with Gasteiger partial charge in [-0.15, -0.1) is 0 Å². The molecule has 0 fully saturated rings. The number of carbonyl (C=O) groups is 2. The van der Waals surface area contributed by atoms with Crippen molar-refractivity contribution in [3.63, 3.8) is 0 Å². The number of benzene rings is 4. The van der Waals surface area contributed by atoms with E-state index in [1.54, 1.807) is 18.2 Å². The lowest BCUT2D eigenvalue weighted by Crippen LogP contribution is -2.13. The highest BCUT2D eigenvalue weighted by atomic mass is 19.1. The summed E-state index contributed by atoms with van der Waals surface area (Å²) in [6, 6.07) is 27.1. The first-order valence-corrected chi connectivity index (χ1v) is 13.4. The predicted octanol–water partition coefficient (Wildman–Crippen LogP) is 7.71. The summed E-state index contributed by atoms with van der Waals surface area (Å²) in [6.45, 7) is 5.59. The number of esters is 2. The minimum Gasteiger partial charge on any atom is -0.463 e. The summed E-state index contributed by atoms with van der Waals surface area (Å²) in [6.07, 6.45) is 1.95. The van der Waals surface area contributed by atoms with E-state index in [9.17, 15) is 14.0 Å². The molecular formula is C34H30FNO5. The third-order valence-electron chi connectivity index (χ3n) is 6.40. The topological polar surface area (TPSA) is 66.8 Å². The summed E-state index contributed by atoms with van der Waals surface area (Å²) < 4.78 is 32.1. The number of hydrogen-bond acceptors (Lipinski definition) is 5. The number of rotatable bonds is 9. The Labute approximate surface area is 237 Å². The first-order valence-electron chi connectivity index (χ1n) is 13.4. The highest BCUT2D eigenvalue weighted by molar-refractivity contribution is 5.91. The maximum atomic E-state index is 13.5. The molecule has 0 unspecified atom stereocenters. The van der Waals surface area contributed by atoms with Crippen molar-refractivity contribution in [2.75, 3.05) is 0 Å². The van der Waals surface area contributed by atoms with Crippen LogP contribution in [0.5, 0.6) is 17.2 Å². The quantitative estimate of drug-likeness (QED) is 0.139. The van der Waals surface area contributed by atoms with Gasteiger partial charge in [-0.1, -0.05) is 42.5 Å². The third-order valence-corrected chi connectivity index (χ3v) is 6.40. The van der Waals surface area contributed by atoms with E-state index in [0.29, 0.717) is 23.8 Å². The lowest BCUT2D eigenvalue weighted by atomic mass is 10.0. The van der Waals surface area contributed by atoms with E-state index in [2.05, 4.69) is 10.6 Å². The Kier molecular flexibility index (Phi) is 8.15. The number of fused-ring (bicyclic) bond motifs is 1. The molecule has 0 aliphatic rings. The Hall–Kier alpha value is -4.91. The molecule has 7 heteroatoms. The van der Waals surface area contributed by atoms with Crippen molar-refractivity contribution in [2.45, 2.75) is 39.8 Å². The van der Waals surface area contributed by atoms with E-state index in [0.717, 1.165) is 33.2 Å². The molecule has 5 rings (SSSR count). The summed E-state index contributed by atoms with van der Waals surface area (Å²) in [4.78, 5) is 24.0. The van der Waals surface area contributed by atoms with Gasteiger partial charge in [-0.2, -0.15) is 0 Å². The van der Waals surface area contributed by atoms with Crippen LogP contribution in [-0.2, 0) is 27.3 Å². The summed E-state index contributed by atoms with van der Waals surface area (Å²) in [5.74, 6) is 0.487. The molecule has 0 saturated heterocycles. The molecule has 1 aromatic heterocycles. The Morgan fingerprint density at radius 3 is 2.29 bits per heavy atom. The van der Waals surface area contributed by atoms with Crippen LogP contribution in [-0.4, -0.2) is 22.6 Å². The van der Waals surface area contributed by atoms with Crippen molar-refractivity contribution in [1.82, 2.24) is 4.57 Å². The zero-order chi connectivity index (χ0) is 28.9. The van der Waals surface area contributed by atoms with Gasteiger partial charge in [0.1, 0.15) is 23.1 Å². The molecule has 0 bridgehead atoms. The molecule has 0 aliphatic heterocycles. The number of hydrogen-bond donors (Lipinski definition) is 0. The van der Waals surface area contributed by atoms with Gasteiger partial charge in [-0.05, 0) is 78.6 Å². The van der Waals surface area contributed by atoms with Gasteiger partial charge in [0.25, 0.3) is 0 Å². The molecule has 0 aliphatic carbocycles. The fourth-order valence-corrected chi connectivity index (χ4v) is 4.71. The minimum atomic E-state index is -0.378. The average Bonchev–Trinajstić information content (AvgIpc) is 3.25. The first-order chi connectivity index (χ1) is 19.7. The summed E-state index contributed by atoms with van der Waals surface area (Å²) in [5.41, 5.74) is 4.69. The highest BCUT2D eigenvalue weighted by Crippen LogP contribution is 2.31. The van der Waals surface area contributed by atoms with E-state index in [1.807, 2.05) is 74.6 Å². The lowest BCUT2D eigenvalue weighted by molar-refractivity contribution is -0.146. The predicted molar refractivity (Wildman–Crippen MR) is 156 cm³/mol. The lowest BCUT2D eigenvalue weighted by Gasteiger charge is -2.10. The molecule has 5 aromatic rings. The number of carbonyl (C=O) groups excluding carboxylic acids is 2. The van der Waals surface area contributed by atoms with Crippen LogP contribution >= 0.6 is 0 Å². The monoisotopic (exact) mass is 551 g/mol. The first kappa shape index (κ1) is 27.6. The Morgan fingerprint density at radius 2 is 1.56 bits per heavy atom. The van der Waals surface area contributed by atoms with Gasteiger partial charge in [-0.25, -0.2) is 4.39 Å². The second-order valence-corrected chi connectivity index (χ2v) is 10.1.